The molecule has 4 heteroatoms. The lowest BCUT2D eigenvalue weighted by atomic mass is 10.1. The van der Waals surface area contributed by atoms with Crippen LogP contribution in [0.2, 0.25) is 0 Å². The third kappa shape index (κ3) is 4.38. The Balaban J connectivity index is 1.73. The smallest absolute Gasteiger partial charge is 0.228 e. The Bertz CT molecular complexity index is 847. The summed E-state index contributed by atoms with van der Waals surface area (Å²) in [6.45, 7) is 0. The molecule has 3 rings (SSSR count). The van der Waals surface area contributed by atoms with Crippen LogP contribution in [0.1, 0.15) is 5.56 Å². The van der Waals surface area contributed by atoms with Gasteiger partial charge in [0.15, 0.2) is 0 Å². The minimum atomic E-state index is -0.0909. The zero-order valence-corrected chi connectivity index (χ0v) is 14.0. The Kier molecular flexibility index (Phi) is 5.32. The lowest BCUT2D eigenvalue weighted by Crippen LogP contribution is -2.15. The number of ether oxygens (including phenoxy) is 1. The van der Waals surface area contributed by atoms with Crippen LogP contribution in [-0.4, -0.2) is 13.0 Å². The van der Waals surface area contributed by atoms with Gasteiger partial charge in [0.05, 0.1) is 24.9 Å². The van der Waals surface area contributed by atoms with Crippen LogP contribution in [0.25, 0.3) is 0 Å². The van der Waals surface area contributed by atoms with E-state index in [0.717, 1.165) is 22.6 Å². The van der Waals surface area contributed by atoms with Gasteiger partial charge in [-0.05, 0) is 30.3 Å². The van der Waals surface area contributed by atoms with E-state index in [1.807, 2.05) is 78.9 Å². The lowest BCUT2D eigenvalue weighted by Gasteiger charge is -2.14. The van der Waals surface area contributed by atoms with Gasteiger partial charge < -0.3 is 15.4 Å². The molecule has 0 fully saturated rings. The topological polar surface area (TPSA) is 50.4 Å². The second-order valence-corrected chi connectivity index (χ2v) is 5.57. The van der Waals surface area contributed by atoms with Gasteiger partial charge in [0.25, 0.3) is 0 Å². The summed E-state index contributed by atoms with van der Waals surface area (Å²) in [6.07, 6.45) is 0.254. The van der Waals surface area contributed by atoms with Crippen molar-refractivity contribution in [2.45, 2.75) is 6.42 Å². The standard InChI is InChI=1S/C21H20N2O2/c1-25-20-14-8-5-9-16(20)15-21(24)23-19-13-7-6-12-18(19)22-17-10-3-2-4-11-17/h2-14,22H,15H2,1H3,(H,23,24). The van der Waals surface area contributed by atoms with E-state index < -0.39 is 0 Å². The van der Waals surface area contributed by atoms with Crippen molar-refractivity contribution in [2.24, 2.45) is 0 Å². The summed E-state index contributed by atoms with van der Waals surface area (Å²) in [5, 5.41) is 6.30. The molecule has 3 aromatic rings. The Morgan fingerprint density at radius 2 is 1.48 bits per heavy atom. The van der Waals surface area contributed by atoms with Crippen LogP contribution in [0.5, 0.6) is 5.75 Å². The molecule has 0 aromatic heterocycles. The number of anilines is 3. The molecule has 25 heavy (non-hydrogen) atoms. The molecule has 3 aromatic carbocycles. The Labute approximate surface area is 147 Å². The number of hydrogen-bond acceptors (Lipinski definition) is 3. The van der Waals surface area contributed by atoms with Gasteiger partial charge in [0.1, 0.15) is 5.75 Å². The number of benzene rings is 3. The molecular weight excluding hydrogens is 312 g/mol. The first kappa shape index (κ1) is 16.6. The molecule has 2 N–H and O–H groups in total. The molecule has 0 saturated heterocycles. The summed E-state index contributed by atoms with van der Waals surface area (Å²) in [5.41, 5.74) is 3.42. The highest BCUT2D eigenvalue weighted by molar-refractivity contribution is 5.96. The van der Waals surface area contributed by atoms with Crippen LogP contribution in [0, 0.1) is 0 Å². The molecule has 0 radical (unpaired) electrons. The molecule has 0 bridgehead atoms. The third-order valence-corrected chi connectivity index (χ3v) is 3.80. The van der Waals surface area contributed by atoms with Crippen LogP contribution in [-0.2, 0) is 11.2 Å². The van der Waals surface area contributed by atoms with Crippen LogP contribution in [0.3, 0.4) is 0 Å². The Hall–Kier alpha value is -3.27. The quantitative estimate of drug-likeness (QED) is 0.692. The van der Waals surface area contributed by atoms with Crippen molar-refractivity contribution in [1.29, 1.82) is 0 Å². The number of carbonyl (C=O) groups is 1. The molecule has 1 amide bonds. The van der Waals surface area contributed by atoms with Gasteiger partial charge in [-0.25, -0.2) is 0 Å². The Morgan fingerprint density at radius 1 is 0.840 bits per heavy atom. The van der Waals surface area contributed by atoms with Crippen molar-refractivity contribution in [3.05, 3.63) is 84.4 Å². The van der Waals surface area contributed by atoms with Crippen molar-refractivity contribution in [1.82, 2.24) is 0 Å². The number of amides is 1. The van der Waals surface area contributed by atoms with Gasteiger partial charge in [0, 0.05) is 11.3 Å². The van der Waals surface area contributed by atoms with Gasteiger partial charge in [-0.2, -0.15) is 0 Å². The van der Waals surface area contributed by atoms with E-state index in [1.165, 1.54) is 0 Å². The van der Waals surface area contributed by atoms with Gasteiger partial charge in [-0.1, -0.05) is 48.5 Å². The third-order valence-electron chi connectivity index (χ3n) is 3.80. The first-order valence-electron chi connectivity index (χ1n) is 8.09. The fourth-order valence-corrected chi connectivity index (χ4v) is 2.59. The number of nitrogens with one attached hydrogen (secondary N) is 2. The number of methoxy groups -OCH3 is 1. The van der Waals surface area contributed by atoms with Crippen LogP contribution >= 0.6 is 0 Å². The normalized spacial score (nSPS) is 10.1. The number of rotatable bonds is 6. The SMILES string of the molecule is COc1ccccc1CC(=O)Nc1ccccc1Nc1ccccc1. The summed E-state index contributed by atoms with van der Waals surface area (Å²) in [6, 6.07) is 25.0. The van der Waals surface area contributed by atoms with Gasteiger partial charge in [-0.3, -0.25) is 4.79 Å². The number of hydrogen-bond donors (Lipinski definition) is 2. The van der Waals surface area contributed by atoms with E-state index in [1.54, 1.807) is 7.11 Å². The highest BCUT2D eigenvalue weighted by Gasteiger charge is 2.10. The second-order valence-electron chi connectivity index (χ2n) is 5.57. The highest BCUT2D eigenvalue weighted by Crippen LogP contribution is 2.26. The monoisotopic (exact) mass is 332 g/mol. The molecule has 0 atom stereocenters. The van der Waals surface area contributed by atoms with Gasteiger partial charge >= 0.3 is 0 Å². The molecule has 0 aliphatic carbocycles. The van der Waals surface area contributed by atoms with E-state index in [2.05, 4.69) is 10.6 Å². The van der Waals surface area contributed by atoms with E-state index >= 15 is 0 Å². The van der Waals surface area contributed by atoms with Crippen molar-refractivity contribution >= 4 is 23.0 Å². The van der Waals surface area contributed by atoms with E-state index in [-0.39, 0.29) is 12.3 Å². The molecule has 0 spiro atoms. The predicted molar refractivity (Wildman–Crippen MR) is 101 cm³/mol. The molecule has 0 aliphatic rings. The van der Waals surface area contributed by atoms with Crippen LogP contribution in [0.15, 0.2) is 78.9 Å². The van der Waals surface area contributed by atoms with E-state index in [9.17, 15) is 4.79 Å². The first-order chi connectivity index (χ1) is 12.3. The van der Waals surface area contributed by atoms with Crippen molar-refractivity contribution in [2.75, 3.05) is 17.7 Å². The lowest BCUT2D eigenvalue weighted by molar-refractivity contribution is -0.115. The minimum absolute atomic E-state index is 0.0909. The number of para-hydroxylation sites is 4. The van der Waals surface area contributed by atoms with E-state index in [0.29, 0.717) is 5.75 Å². The molecule has 0 saturated carbocycles. The van der Waals surface area contributed by atoms with Gasteiger partial charge in [0.2, 0.25) is 5.91 Å². The molecule has 0 aliphatic heterocycles. The largest absolute Gasteiger partial charge is 0.496 e. The van der Waals surface area contributed by atoms with Crippen LogP contribution in [0.4, 0.5) is 17.1 Å². The maximum Gasteiger partial charge on any atom is 0.228 e. The summed E-state index contributed by atoms with van der Waals surface area (Å²) < 4.78 is 5.31. The highest BCUT2D eigenvalue weighted by atomic mass is 16.5. The molecule has 0 unspecified atom stereocenters. The average Bonchev–Trinajstić information content (AvgIpc) is 2.64. The number of carbonyl (C=O) groups excluding carboxylic acids is 1. The maximum atomic E-state index is 12.5. The average molecular weight is 332 g/mol. The predicted octanol–water partition coefficient (Wildman–Crippen LogP) is 4.62. The van der Waals surface area contributed by atoms with Crippen molar-refractivity contribution in [3.8, 4) is 5.75 Å². The van der Waals surface area contributed by atoms with Crippen molar-refractivity contribution < 1.29 is 9.53 Å². The molecule has 4 nitrogen and oxygen atoms in total. The zero-order valence-electron chi connectivity index (χ0n) is 14.0. The zero-order chi connectivity index (χ0) is 17.5. The summed E-state index contributed by atoms with van der Waals surface area (Å²) >= 11 is 0. The molecular formula is C21H20N2O2. The summed E-state index contributed by atoms with van der Waals surface area (Å²) in [4.78, 5) is 12.5. The first-order valence-corrected chi connectivity index (χ1v) is 8.09. The fourth-order valence-electron chi connectivity index (χ4n) is 2.59. The molecule has 0 heterocycles. The summed E-state index contributed by atoms with van der Waals surface area (Å²) in [5.74, 6) is 0.625. The second kappa shape index (κ2) is 8.02. The molecule has 126 valence electrons. The van der Waals surface area contributed by atoms with Gasteiger partial charge in [-0.15, -0.1) is 0 Å². The Morgan fingerprint density at radius 3 is 2.24 bits per heavy atom. The van der Waals surface area contributed by atoms with Crippen molar-refractivity contribution in [3.63, 3.8) is 0 Å². The summed E-state index contributed by atoms with van der Waals surface area (Å²) in [7, 11) is 1.61. The van der Waals surface area contributed by atoms with Crippen LogP contribution < -0.4 is 15.4 Å². The fraction of sp³-hybridized carbons (Fsp3) is 0.0952. The van der Waals surface area contributed by atoms with E-state index in [4.69, 9.17) is 4.74 Å². The minimum Gasteiger partial charge on any atom is -0.496 e. The maximum absolute atomic E-state index is 12.5.